The lowest BCUT2D eigenvalue weighted by molar-refractivity contribution is -0.120. The van der Waals surface area contributed by atoms with Crippen molar-refractivity contribution in [2.24, 2.45) is 0 Å². The molecule has 0 unspecified atom stereocenters. The minimum Gasteiger partial charge on any atom is -0.489 e. The molecule has 5 heteroatoms. The summed E-state index contributed by atoms with van der Waals surface area (Å²) in [6.45, 7) is 0.624. The molecule has 0 saturated carbocycles. The Hall–Kier alpha value is -2.04. The molecule has 1 amide bonds. The number of carbonyl (C=O) groups excluding carboxylic acids is 1. The number of benzene rings is 2. The van der Waals surface area contributed by atoms with Crippen LogP contribution in [0.3, 0.4) is 0 Å². The normalized spacial score (nSPS) is 10.3. The van der Waals surface area contributed by atoms with Gasteiger partial charge in [-0.3, -0.25) is 4.79 Å². The smallest absolute Gasteiger partial charge is 0.224 e. The van der Waals surface area contributed by atoms with Gasteiger partial charge in [-0.2, -0.15) is 0 Å². The Morgan fingerprint density at radius 1 is 1.14 bits per heavy atom. The van der Waals surface area contributed by atoms with Crippen LogP contribution in [0.5, 0.6) is 5.75 Å². The molecule has 4 nitrogen and oxygen atoms in total. The van der Waals surface area contributed by atoms with Gasteiger partial charge in [0.2, 0.25) is 5.91 Å². The molecule has 2 aromatic carbocycles. The van der Waals surface area contributed by atoms with Gasteiger partial charge in [-0.05, 0) is 35.4 Å². The van der Waals surface area contributed by atoms with Gasteiger partial charge in [-0.15, -0.1) is 0 Å². The van der Waals surface area contributed by atoms with Crippen LogP contribution < -0.4 is 10.1 Å². The monoisotopic (exact) mass is 319 g/mol. The number of aliphatic hydroxyl groups excluding tert-OH is 1. The first-order valence-electron chi connectivity index (χ1n) is 7.01. The maximum atomic E-state index is 11.6. The third-order valence-corrected chi connectivity index (χ3v) is 3.23. The van der Waals surface area contributed by atoms with E-state index in [9.17, 15) is 4.79 Å². The quantitative estimate of drug-likeness (QED) is 0.824. The molecule has 2 N–H and O–H groups in total. The van der Waals surface area contributed by atoms with Crippen LogP contribution in [-0.4, -0.2) is 24.2 Å². The van der Waals surface area contributed by atoms with Gasteiger partial charge in [-0.1, -0.05) is 35.9 Å². The Morgan fingerprint density at radius 3 is 2.68 bits per heavy atom. The lowest BCUT2D eigenvalue weighted by atomic mass is 10.1. The summed E-state index contributed by atoms with van der Waals surface area (Å²) >= 11 is 5.93. The highest BCUT2D eigenvalue weighted by atomic mass is 35.5. The van der Waals surface area contributed by atoms with E-state index >= 15 is 0 Å². The molecule has 0 aliphatic carbocycles. The van der Waals surface area contributed by atoms with Crippen molar-refractivity contribution in [1.82, 2.24) is 5.32 Å². The fourth-order valence-corrected chi connectivity index (χ4v) is 2.19. The molecular weight excluding hydrogens is 302 g/mol. The Morgan fingerprint density at radius 2 is 1.91 bits per heavy atom. The molecule has 0 saturated heterocycles. The van der Waals surface area contributed by atoms with E-state index in [0.29, 0.717) is 17.4 Å². The number of halogens is 1. The van der Waals surface area contributed by atoms with Crippen molar-refractivity contribution in [1.29, 1.82) is 0 Å². The predicted octanol–water partition coefficient (Wildman–Crippen LogP) is 2.57. The number of rotatable bonds is 7. The number of aliphatic hydroxyl groups is 1. The summed E-state index contributed by atoms with van der Waals surface area (Å²) < 4.78 is 5.72. The number of ether oxygens (including phenoxy) is 1. The van der Waals surface area contributed by atoms with E-state index in [4.69, 9.17) is 21.4 Å². The third-order valence-electron chi connectivity index (χ3n) is 2.99. The van der Waals surface area contributed by atoms with Gasteiger partial charge in [-0.25, -0.2) is 0 Å². The number of carbonyl (C=O) groups is 1. The van der Waals surface area contributed by atoms with Crippen LogP contribution in [0.1, 0.15) is 11.1 Å². The van der Waals surface area contributed by atoms with Gasteiger partial charge >= 0.3 is 0 Å². The Bertz CT molecular complexity index is 631. The highest BCUT2D eigenvalue weighted by Gasteiger charge is 2.04. The Balaban J connectivity index is 1.92. The summed E-state index contributed by atoms with van der Waals surface area (Å²) in [6.07, 6.45) is 0.258. The average Bonchev–Trinajstić information content (AvgIpc) is 2.51. The van der Waals surface area contributed by atoms with E-state index in [-0.39, 0.29) is 25.5 Å². The second kappa shape index (κ2) is 8.41. The van der Waals surface area contributed by atoms with E-state index < -0.39 is 0 Å². The molecule has 0 bridgehead atoms. The molecule has 0 radical (unpaired) electrons. The molecule has 0 heterocycles. The number of hydrogen-bond donors (Lipinski definition) is 2. The summed E-state index contributed by atoms with van der Waals surface area (Å²) in [6, 6.07) is 14.9. The highest BCUT2D eigenvalue weighted by molar-refractivity contribution is 6.30. The van der Waals surface area contributed by atoms with Crippen LogP contribution in [0.25, 0.3) is 0 Å². The zero-order valence-electron chi connectivity index (χ0n) is 12.1. The number of nitrogens with one attached hydrogen (secondary N) is 1. The van der Waals surface area contributed by atoms with Crippen LogP contribution in [0.15, 0.2) is 48.5 Å². The standard InChI is InChI=1S/C17H18ClNO3/c18-15-5-1-4-14(9-15)12-22-16-6-2-3-13(10-16)11-17(21)19-7-8-20/h1-6,9-10,20H,7-8,11-12H2,(H,19,21). The van der Waals surface area contributed by atoms with E-state index in [2.05, 4.69) is 5.32 Å². The second-order valence-electron chi connectivity index (χ2n) is 4.82. The first kappa shape index (κ1) is 16.3. The van der Waals surface area contributed by atoms with Gasteiger partial charge in [0.15, 0.2) is 0 Å². The molecule has 0 aliphatic rings. The molecule has 2 aromatic rings. The van der Waals surface area contributed by atoms with Gasteiger partial charge in [0.25, 0.3) is 0 Å². The fraction of sp³-hybridized carbons (Fsp3) is 0.235. The molecular formula is C17H18ClNO3. The largest absolute Gasteiger partial charge is 0.489 e. The summed E-state index contributed by atoms with van der Waals surface area (Å²) in [4.78, 5) is 11.6. The van der Waals surface area contributed by atoms with Crippen molar-refractivity contribution in [3.05, 3.63) is 64.7 Å². The zero-order valence-corrected chi connectivity index (χ0v) is 12.8. The predicted molar refractivity (Wildman–Crippen MR) is 86.0 cm³/mol. The SMILES string of the molecule is O=C(Cc1cccc(OCc2cccc(Cl)c2)c1)NCCO. The third kappa shape index (κ3) is 5.39. The van der Waals surface area contributed by atoms with Crippen molar-refractivity contribution >= 4 is 17.5 Å². The van der Waals surface area contributed by atoms with Crippen LogP contribution in [0.2, 0.25) is 5.02 Å². The fourth-order valence-electron chi connectivity index (χ4n) is 1.98. The van der Waals surface area contributed by atoms with Crippen LogP contribution in [0, 0.1) is 0 Å². The molecule has 0 aliphatic heterocycles. The highest BCUT2D eigenvalue weighted by Crippen LogP contribution is 2.17. The molecule has 0 atom stereocenters. The van der Waals surface area contributed by atoms with Gasteiger partial charge in [0, 0.05) is 11.6 Å². The van der Waals surface area contributed by atoms with Crippen molar-refractivity contribution in [3.8, 4) is 5.75 Å². The Kier molecular flexibility index (Phi) is 6.25. The lowest BCUT2D eigenvalue weighted by Crippen LogP contribution is -2.27. The number of hydrogen-bond acceptors (Lipinski definition) is 3. The summed E-state index contributed by atoms with van der Waals surface area (Å²) in [5.41, 5.74) is 1.85. The van der Waals surface area contributed by atoms with Crippen LogP contribution in [0.4, 0.5) is 0 Å². The van der Waals surface area contributed by atoms with Crippen LogP contribution >= 0.6 is 11.6 Å². The molecule has 2 rings (SSSR count). The molecule has 0 fully saturated rings. The van der Waals surface area contributed by atoms with Gasteiger partial charge in [0.1, 0.15) is 12.4 Å². The first-order chi connectivity index (χ1) is 10.7. The second-order valence-corrected chi connectivity index (χ2v) is 5.25. The molecule has 0 spiro atoms. The summed E-state index contributed by atoms with van der Waals surface area (Å²) in [7, 11) is 0. The summed E-state index contributed by atoms with van der Waals surface area (Å²) in [5.74, 6) is 0.577. The van der Waals surface area contributed by atoms with Gasteiger partial charge in [0.05, 0.1) is 13.0 Å². The molecule has 116 valence electrons. The topological polar surface area (TPSA) is 58.6 Å². The Labute approximate surface area is 134 Å². The van der Waals surface area contributed by atoms with Gasteiger partial charge < -0.3 is 15.2 Å². The van der Waals surface area contributed by atoms with Crippen molar-refractivity contribution in [3.63, 3.8) is 0 Å². The molecule has 22 heavy (non-hydrogen) atoms. The van der Waals surface area contributed by atoms with E-state index in [1.54, 1.807) is 0 Å². The van der Waals surface area contributed by atoms with E-state index in [1.165, 1.54) is 0 Å². The first-order valence-corrected chi connectivity index (χ1v) is 7.39. The van der Waals surface area contributed by atoms with Crippen LogP contribution in [-0.2, 0) is 17.8 Å². The minimum atomic E-state index is -0.124. The minimum absolute atomic E-state index is 0.0610. The summed E-state index contributed by atoms with van der Waals surface area (Å²) in [5, 5.41) is 12.0. The number of amides is 1. The maximum absolute atomic E-state index is 11.6. The van der Waals surface area contributed by atoms with E-state index in [1.807, 2.05) is 48.5 Å². The van der Waals surface area contributed by atoms with E-state index in [0.717, 1.165) is 11.1 Å². The lowest BCUT2D eigenvalue weighted by Gasteiger charge is -2.09. The average molecular weight is 320 g/mol. The maximum Gasteiger partial charge on any atom is 0.224 e. The van der Waals surface area contributed by atoms with Crippen molar-refractivity contribution in [2.75, 3.05) is 13.2 Å². The van der Waals surface area contributed by atoms with Crippen molar-refractivity contribution in [2.45, 2.75) is 13.0 Å². The molecule has 0 aromatic heterocycles. The van der Waals surface area contributed by atoms with Crippen molar-refractivity contribution < 1.29 is 14.6 Å². The zero-order chi connectivity index (χ0) is 15.8.